The van der Waals surface area contributed by atoms with Gasteiger partial charge in [0, 0.05) is 35.5 Å². The lowest BCUT2D eigenvalue weighted by molar-refractivity contribution is 0.251. The highest BCUT2D eigenvalue weighted by atomic mass is 32.2. The molecule has 0 aliphatic rings. The minimum Gasteiger partial charge on any atom is -0.334 e. The Hall–Kier alpha value is -2.52. The Balaban J connectivity index is 1.94. The second kappa shape index (κ2) is 8.81. The summed E-state index contributed by atoms with van der Waals surface area (Å²) < 4.78 is 0. The topological polar surface area (TPSA) is 77.8 Å². The number of benzene rings is 1. The number of carbonyl (C=O) groups is 1. The monoisotopic (exact) mass is 326 g/mol. The Morgan fingerprint density at radius 1 is 1.35 bits per heavy atom. The zero-order chi connectivity index (χ0) is 16.5. The van der Waals surface area contributed by atoms with Crippen LogP contribution in [0.15, 0.2) is 53.7 Å². The van der Waals surface area contributed by atoms with Crippen molar-refractivity contribution < 1.29 is 4.79 Å². The van der Waals surface area contributed by atoms with Crippen LogP contribution in [0.3, 0.4) is 0 Å². The molecular formula is C17H18N4OS. The Morgan fingerprint density at radius 2 is 2.17 bits per heavy atom. The Bertz CT molecular complexity index is 684. The number of pyridine rings is 1. The van der Waals surface area contributed by atoms with Crippen molar-refractivity contribution in [1.82, 2.24) is 10.3 Å². The van der Waals surface area contributed by atoms with Crippen LogP contribution in [0, 0.1) is 11.3 Å². The van der Waals surface area contributed by atoms with Gasteiger partial charge >= 0.3 is 6.03 Å². The fourth-order valence-electron chi connectivity index (χ4n) is 1.91. The predicted octanol–water partition coefficient (Wildman–Crippen LogP) is 3.80. The van der Waals surface area contributed by atoms with Gasteiger partial charge in [0.25, 0.3) is 0 Å². The zero-order valence-electron chi connectivity index (χ0n) is 12.8. The van der Waals surface area contributed by atoms with Crippen molar-refractivity contribution in [2.45, 2.75) is 30.0 Å². The summed E-state index contributed by atoms with van der Waals surface area (Å²) in [6.07, 6.45) is 3.87. The van der Waals surface area contributed by atoms with E-state index in [0.29, 0.717) is 13.0 Å². The molecule has 0 saturated heterocycles. The molecule has 1 aromatic heterocycles. The van der Waals surface area contributed by atoms with E-state index in [9.17, 15) is 4.79 Å². The van der Waals surface area contributed by atoms with Gasteiger partial charge in [0.2, 0.25) is 0 Å². The van der Waals surface area contributed by atoms with Gasteiger partial charge in [0.05, 0.1) is 11.8 Å². The standard InChI is InChI=1S/C17H18N4OS/c1-13(8-9-18)23-16-7-3-2-6-15(16)21-17(22)20-12-14-5-4-10-19-11-14/h2-7,10-11,13H,8,12H2,1H3,(H2,20,21,22). The zero-order valence-corrected chi connectivity index (χ0v) is 13.6. The molecule has 1 unspecified atom stereocenters. The highest BCUT2D eigenvalue weighted by Crippen LogP contribution is 2.31. The molecule has 0 bridgehead atoms. The highest BCUT2D eigenvalue weighted by molar-refractivity contribution is 8.00. The molecule has 2 N–H and O–H groups in total. The molecule has 0 saturated carbocycles. The lowest BCUT2D eigenvalue weighted by Gasteiger charge is -2.13. The summed E-state index contributed by atoms with van der Waals surface area (Å²) in [5.74, 6) is 0. The van der Waals surface area contributed by atoms with Crippen LogP contribution in [0.4, 0.5) is 10.5 Å². The summed E-state index contributed by atoms with van der Waals surface area (Å²) in [4.78, 5) is 17.0. The van der Waals surface area contributed by atoms with Gasteiger partial charge in [0.15, 0.2) is 0 Å². The molecule has 23 heavy (non-hydrogen) atoms. The molecule has 1 heterocycles. The molecule has 1 atom stereocenters. The number of nitrogens with zero attached hydrogens (tertiary/aromatic N) is 2. The van der Waals surface area contributed by atoms with Crippen LogP contribution in [-0.4, -0.2) is 16.3 Å². The van der Waals surface area contributed by atoms with Crippen LogP contribution in [-0.2, 0) is 6.54 Å². The number of nitrogens with one attached hydrogen (secondary N) is 2. The molecule has 2 aromatic rings. The lowest BCUT2D eigenvalue weighted by Crippen LogP contribution is -2.28. The summed E-state index contributed by atoms with van der Waals surface area (Å²) in [6.45, 7) is 2.41. The third-order valence-electron chi connectivity index (χ3n) is 3.02. The maximum Gasteiger partial charge on any atom is 0.319 e. The minimum absolute atomic E-state index is 0.168. The number of anilines is 1. The third kappa shape index (κ3) is 5.64. The van der Waals surface area contributed by atoms with Gasteiger partial charge in [0.1, 0.15) is 0 Å². The van der Waals surface area contributed by atoms with E-state index in [1.807, 2.05) is 43.3 Å². The van der Waals surface area contributed by atoms with Crippen molar-refractivity contribution in [1.29, 1.82) is 5.26 Å². The molecule has 0 fully saturated rings. The fourth-order valence-corrected chi connectivity index (χ4v) is 2.91. The van der Waals surface area contributed by atoms with Gasteiger partial charge in [-0.15, -0.1) is 11.8 Å². The molecule has 2 amide bonds. The number of carbonyl (C=O) groups excluding carboxylic acids is 1. The Morgan fingerprint density at radius 3 is 2.91 bits per heavy atom. The van der Waals surface area contributed by atoms with E-state index in [1.54, 1.807) is 24.2 Å². The second-order valence-corrected chi connectivity index (χ2v) is 6.44. The van der Waals surface area contributed by atoms with Crippen LogP contribution in [0.25, 0.3) is 0 Å². The van der Waals surface area contributed by atoms with Gasteiger partial charge in [-0.05, 0) is 23.8 Å². The van der Waals surface area contributed by atoms with E-state index in [-0.39, 0.29) is 11.3 Å². The van der Waals surface area contributed by atoms with Gasteiger partial charge in [-0.2, -0.15) is 5.26 Å². The molecule has 0 radical (unpaired) electrons. The van der Waals surface area contributed by atoms with Crippen molar-refractivity contribution in [3.63, 3.8) is 0 Å². The van der Waals surface area contributed by atoms with Crippen LogP contribution in [0.2, 0.25) is 0 Å². The molecule has 0 spiro atoms. The number of aromatic nitrogens is 1. The molecule has 6 heteroatoms. The lowest BCUT2D eigenvalue weighted by atomic mass is 10.3. The van der Waals surface area contributed by atoms with Crippen LogP contribution in [0.5, 0.6) is 0 Å². The van der Waals surface area contributed by atoms with Crippen molar-refractivity contribution in [3.8, 4) is 6.07 Å². The quantitative estimate of drug-likeness (QED) is 0.792. The Kier molecular flexibility index (Phi) is 6.45. The molecule has 118 valence electrons. The van der Waals surface area contributed by atoms with E-state index in [4.69, 9.17) is 5.26 Å². The Labute approximate surface area is 140 Å². The first-order valence-corrected chi connectivity index (χ1v) is 8.13. The molecule has 1 aromatic carbocycles. The number of hydrogen-bond donors (Lipinski definition) is 2. The number of nitriles is 1. The predicted molar refractivity (Wildman–Crippen MR) is 92.1 cm³/mol. The van der Waals surface area contributed by atoms with Crippen LogP contribution in [0.1, 0.15) is 18.9 Å². The number of hydrogen-bond acceptors (Lipinski definition) is 4. The molecular weight excluding hydrogens is 308 g/mol. The second-order valence-electron chi connectivity index (χ2n) is 4.96. The number of para-hydroxylation sites is 1. The molecule has 0 aliphatic heterocycles. The normalized spacial score (nSPS) is 11.3. The third-order valence-corrected chi connectivity index (χ3v) is 4.20. The van der Waals surface area contributed by atoms with Crippen LogP contribution >= 0.6 is 11.8 Å². The van der Waals surface area contributed by atoms with E-state index >= 15 is 0 Å². The van der Waals surface area contributed by atoms with Gasteiger partial charge in [-0.25, -0.2) is 4.79 Å². The average Bonchev–Trinajstić information content (AvgIpc) is 2.56. The van der Waals surface area contributed by atoms with E-state index in [1.165, 1.54) is 0 Å². The summed E-state index contributed by atoms with van der Waals surface area (Å²) in [6, 6.07) is 13.2. The summed E-state index contributed by atoms with van der Waals surface area (Å²) in [5, 5.41) is 14.6. The average molecular weight is 326 g/mol. The van der Waals surface area contributed by atoms with Crippen molar-refractivity contribution in [3.05, 3.63) is 54.4 Å². The number of amides is 2. The van der Waals surface area contributed by atoms with Gasteiger partial charge in [-0.1, -0.05) is 25.1 Å². The minimum atomic E-state index is -0.269. The summed E-state index contributed by atoms with van der Waals surface area (Å²) >= 11 is 1.58. The highest BCUT2D eigenvalue weighted by Gasteiger charge is 2.10. The largest absolute Gasteiger partial charge is 0.334 e. The number of rotatable bonds is 6. The summed E-state index contributed by atoms with van der Waals surface area (Å²) in [5.41, 5.74) is 1.68. The van der Waals surface area contributed by atoms with Gasteiger partial charge in [-0.3, -0.25) is 4.98 Å². The van der Waals surface area contributed by atoms with E-state index in [0.717, 1.165) is 16.1 Å². The fraction of sp³-hybridized carbons (Fsp3) is 0.235. The maximum absolute atomic E-state index is 12.0. The van der Waals surface area contributed by atoms with E-state index in [2.05, 4.69) is 21.7 Å². The molecule has 0 aliphatic carbocycles. The van der Waals surface area contributed by atoms with Crippen molar-refractivity contribution in [2.75, 3.05) is 5.32 Å². The SMILES string of the molecule is CC(CC#N)Sc1ccccc1NC(=O)NCc1cccnc1. The maximum atomic E-state index is 12.0. The van der Waals surface area contributed by atoms with E-state index < -0.39 is 0 Å². The first-order valence-electron chi connectivity index (χ1n) is 7.25. The number of urea groups is 1. The molecule has 5 nitrogen and oxygen atoms in total. The van der Waals surface area contributed by atoms with Crippen LogP contribution < -0.4 is 10.6 Å². The smallest absolute Gasteiger partial charge is 0.319 e. The summed E-state index contributed by atoms with van der Waals surface area (Å²) in [7, 11) is 0. The van der Waals surface area contributed by atoms with Crippen molar-refractivity contribution >= 4 is 23.5 Å². The number of thioether (sulfide) groups is 1. The van der Waals surface area contributed by atoms with Crippen molar-refractivity contribution in [2.24, 2.45) is 0 Å². The van der Waals surface area contributed by atoms with Gasteiger partial charge < -0.3 is 10.6 Å². The first-order chi connectivity index (χ1) is 11.2. The molecule has 2 rings (SSSR count). The first kappa shape index (κ1) is 16.8.